The van der Waals surface area contributed by atoms with Gasteiger partial charge in [-0.1, -0.05) is 12.1 Å². The maximum atomic E-state index is 9.09. The Morgan fingerprint density at radius 1 is 1.26 bits per heavy atom. The van der Waals surface area contributed by atoms with Crippen LogP contribution in [-0.4, -0.2) is 9.78 Å². The van der Waals surface area contributed by atoms with Gasteiger partial charge in [0.1, 0.15) is 17.4 Å². The molecule has 0 aliphatic heterocycles. The van der Waals surface area contributed by atoms with Crippen molar-refractivity contribution in [1.29, 1.82) is 10.5 Å². The van der Waals surface area contributed by atoms with Gasteiger partial charge in [0.15, 0.2) is 0 Å². The first-order chi connectivity index (χ1) is 9.15. The van der Waals surface area contributed by atoms with Crippen molar-refractivity contribution in [2.75, 3.05) is 0 Å². The van der Waals surface area contributed by atoms with Gasteiger partial charge in [-0.2, -0.15) is 15.6 Å². The molecule has 0 amide bonds. The third-order valence-electron chi connectivity index (χ3n) is 2.70. The first-order valence-corrected chi connectivity index (χ1v) is 5.73. The molecule has 0 atom stereocenters. The minimum absolute atomic E-state index is 0.370. The highest BCUT2D eigenvalue weighted by atomic mass is 16.5. The summed E-state index contributed by atoms with van der Waals surface area (Å²) in [6.07, 6.45) is 0.370. The van der Waals surface area contributed by atoms with E-state index in [0.29, 0.717) is 29.3 Å². The summed E-state index contributed by atoms with van der Waals surface area (Å²) in [4.78, 5) is 0. The number of benzene rings is 1. The van der Waals surface area contributed by atoms with Crippen LogP contribution in [-0.2, 0) is 13.5 Å². The van der Waals surface area contributed by atoms with Crippen LogP contribution in [0.3, 0.4) is 0 Å². The third-order valence-corrected chi connectivity index (χ3v) is 2.70. The van der Waals surface area contributed by atoms with E-state index in [-0.39, 0.29) is 0 Å². The largest absolute Gasteiger partial charge is 0.438 e. The lowest BCUT2D eigenvalue weighted by molar-refractivity contribution is 0.429. The second kappa shape index (κ2) is 5.24. The zero-order valence-corrected chi connectivity index (χ0v) is 10.7. The molecular formula is C14H12N4O. The number of ether oxygens (including phenoxy) is 1. The average Bonchev–Trinajstić information content (AvgIpc) is 2.66. The fourth-order valence-corrected chi connectivity index (χ4v) is 1.76. The van der Waals surface area contributed by atoms with Gasteiger partial charge in [0.05, 0.1) is 18.2 Å². The number of hydrogen-bond acceptors (Lipinski definition) is 4. The van der Waals surface area contributed by atoms with Crippen molar-refractivity contribution in [3.8, 4) is 23.8 Å². The van der Waals surface area contributed by atoms with Gasteiger partial charge in [-0.05, 0) is 24.6 Å². The molecule has 0 aliphatic carbocycles. The summed E-state index contributed by atoms with van der Waals surface area (Å²) >= 11 is 0. The molecule has 1 heterocycles. The Balaban J connectivity index is 2.27. The van der Waals surface area contributed by atoms with E-state index in [0.717, 1.165) is 5.56 Å². The molecule has 0 radical (unpaired) electrons. The SMILES string of the molecule is Cc1nn(C)c(Oc2ccc(CC#N)cc2)c1C#N. The molecule has 19 heavy (non-hydrogen) atoms. The van der Waals surface area contributed by atoms with Crippen LogP contribution in [0.15, 0.2) is 24.3 Å². The van der Waals surface area contributed by atoms with Gasteiger partial charge in [0.2, 0.25) is 5.88 Å². The summed E-state index contributed by atoms with van der Waals surface area (Å²) in [5, 5.41) is 21.8. The Labute approximate surface area is 111 Å². The van der Waals surface area contributed by atoms with E-state index in [1.54, 1.807) is 26.1 Å². The maximum Gasteiger partial charge on any atom is 0.235 e. The molecule has 5 heteroatoms. The monoisotopic (exact) mass is 252 g/mol. The van der Waals surface area contributed by atoms with Crippen LogP contribution in [0.25, 0.3) is 0 Å². The lowest BCUT2D eigenvalue weighted by atomic mass is 10.2. The number of aromatic nitrogens is 2. The first kappa shape index (κ1) is 12.7. The Morgan fingerprint density at radius 3 is 2.53 bits per heavy atom. The normalized spacial score (nSPS) is 9.68. The number of rotatable bonds is 3. The topological polar surface area (TPSA) is 74.6 Å². The van der Waals surface area contributed by atoms with Crippen molar-refractivity contribution >= 4 is 0 Å². The van der Waals surface area contributed by atoms with Crippen LogP contribution in [0.4, 0.5) is 0 Å². The molecule has 0 bridgehead atoms. The van der Waals surface area contributed by atoms with E-state index in [2.05, 4.69) is 17.2 Å². The predicted molar refractivity (Wildman–Crippen MR) is 68.5 cm³/mol. The quantitative estimate of drug-likeness (QED) is 0.840. The molecule has 2 rings (SSSR count). The van der Waals surface area contributed by atoms with Gasteiger partial charge < -0.3 is 4.74 Å². The summed E-state index contributed by atoms with van der Waals surface area (Å²) < 4.78 is 7.22. The Morgan fingerprint density at radius 2 is 1.95 bits per heavy atom. The van der Waals surface area contributed by atoms with Crippen LogP contribution in [0.1, 0.15) is 16.8 Å². The average molecular weight is 252 g/mol. The predicted octanol–water partition coefficient (Wildman–Crippen LogP) is 2.46. The van der Waals surface area contributed by atoms with Gasteiger partial charge in [-0.15, -0.1) is 0 Å². The van der Waals surface area contributed by atoms with E-state index >= 15 is 0 Å². The smallest absolute Gasteiger partial charge is 0.235 e. The second-order valence-electron chi connectivity index (χ2n) is 4.08. The highest BCUT2D eigenvalue weighted by molar-refractivity contribution is 5.44. The second-order valence-corrected chi connectivity index (χ2v) is 4.08. The molecule has 0 unspecified atom stereocenters. The summed E-state index contributed by atoms with van der Waals surface area (Å²) in [6.45, 7) is 1.77. The van der Waals surface area contributed by atoms with Crippen molar-refractivity contribution in [3.63, 3.8) is 0 Å². The van der Waals surface area contributed by atoms with Crippen molar-refractivity contribution in [2.24, 2.45) is 7.05 Å². The zero-order valence-electron chi connectivity index (χ0n) is 10.7. The van der Waals surface area contributed by atoms with E-state index in [4.69, 9.17) is 15.3 Å². The van der Waals surface area contributed by atoms with E-state index in [1.165, 1.54) is 4.68 Å². The number of aryl methyl sites for hydroxylation is 2. The summed E-state index contributed by atoms with van der Waals surface area (Å²) in [7, 11) is 1.73. The van der Waals surface area contributed by atoms with Gasteiger partial charge in [0.25, 0.3) is 0 Å². The van der Waals surface area contributed by atoms with Gasteiger partial charge in [0, 0.05) is 7.05 Å². The number of nitrogens with zero attached hydrogens (tertiary/aromatic N) is 4. The lowest BCUT2D eigenvalue weighted by Gasteiger charge is -2.06. The molecule has 1 aromatic heterocycles. The van der Waals surface area contributed by atoms with Crippen molar-refractivity contribution in [3.05, 3.63) is 41.1 Å². The van der Waals surface area contributed by atoms with Gasteiger partial charge >= 0.3 is 0 Å². The number of hydrogen-bond donors (Lipinski definition) is 0. The fourth-order valence-electron chi connectivity index (χ4n) is 1.76. The van der Waals surface area contributed by atoms with Crippen LogP contribution in [0.5, 0.6) is 11.6 Å². The molecule has 0 saturated heterocycles. The minimum atomic E-state index is 0.370. The highest BCUT2D eigenvalue weighted by Gasteiger charge is 2.14. The first-order valence-electron chi connectivity index (χ1n) is 5.73. The molecule has 0 N–H and O–H groups in total. The van der Waals surface area contributed by atoms with E-state index in [9.17, 15) is 0 Å². The van der Waals surface area contributed by atoms with Crippen LogP contribution < -0.4 is 4.74 Å². The van der Waals surface area contributed by atoms with E-state index < -0.39 is 0 Å². The molecular weight excluding hydrogens is 240 g/mol. The van der Waals surface area contributed by atoms with Crippen LogP contribution in [0.2, 0.25) is 0 Å². The molecule has 1 aromatic carbocycles. The Hall–Kier alpha value is -2.79. The van der Waals surface area contributed by atoms with Crippen LogP contribution in [0, 0.1) is 29.6 Å². The molecule has 0 fully saturated rings. The minimum Gasteiger partial charge on any atom is -0.438 e. The molecule has 2 aromatic rings. The van der Waals surface area contributed by atoms with Gasteiger partial charge in [-0.3, -0.25) is 0 Å². The zero-order chi connectivity index (χ0) is 13.8. The van der Waals surface area contributed by atoms with Crippen molar-refractivity contribution < 1.29 is 4.74 Å². The summed E-state index contributed by atoms with van der Waals surface area (Å²) in [5.41, 5.74) is 2.00. The Kier molecular flexibility index (Phi) is 3.49. The molecule has 94 valence electrons. The highest BCUT2D eigenvalue weighted by Crippen LogP contribution is 2.26. The molecule has 0 saturated carbocycles. The van der Waals surface area contributed by atoms with Crippen molar-refractivity contribution in [2.45, 2.75) is 13.3 Å². The standard InChI is InChI=1S/C14H12N4O/c1-10-13(9-16)14(18(2)17-10)19-12-5-3-11(4-6-12)7-8-15/h3-6H,7H2,1-2H3. The maximum absolute atomic E-state index is 9.09. The third kappa shape index (κ3) is 2.56. The van der Waals surface area contributed by atoms with Crippen LogP contribution >= 0.6 is 0 Å². The molecule has 5 nitrogen and oxygen atoms in total. The lowest BCUT2D eigenvalue weighted by Crippen LogP contribution is -1.96. The Bertz CT molecular complexity index is 671. The fraction of sp³-hybridized carbons (Fsp3) is 0.214. The van der Waals surface area contributed by atoms with Gasteiger partial charge in [-0.25, -0.2) is 4.68 Å². The number of nitriles is 2. The van der Waals surface area contributed by atoms with Crippen molar-refractivity contribution in [1.82, 2.24) is 9.78 Å². The molecule has 0 spiro atoms. The summed E-state index contributed by atoms with van der Waals surface area (Å²) in [6, 6.07) is 11.4. The van der Waals surface area contributed by atoms with E-state index in [1.807, 2.05) is 12.1 Å². The molecule has 0 aliphatic rings. The summed E-state index contributed by atoms with van der Waals surface area (Å²) in [5.74, 6) is 1.04.